The Bertz CT molecular complexity index is 1900. The number of hydrogen-bond donors (Lipinski definition) is 4. The van der Waals surface area contributed by atoms with Crippen LogP contribution in [0.15, 0.2) is 120 Å². The maximum Gasteiger partial charge on any atom is 0.416 e. The van der Waals surface area contributed by atoms with Crippen LogP contribution in [0.3, 0.4) is 0 Å². The fourth-order valence-electron chi connectivity index (χ4n) is 4.64. The molecule has 11 heteroatoms. The highest BCUT2D eigenvalue weighted by Gasteiger charge is 2.30. The minimum absolute atomic E-state index is 0.0172. The molecule has 0 aliphatic carbocycles. The number of aromatic amines is 1. The Balaban J connectivity index is 1.33. The standard InChI is InChI=1S/C35H29F3N4O3S/c1-2-31(34(45)41-25-13-8-12-24(19-25)35(36,37)38)46-27-15-9-14-26(20-27)40-33(44)30(42-32(43)22-10-4-3-5-11-22)18-23-21-39-29-17-7-6-16-28(23)29/h3-21,31,39H,2H2,1H3,(H,40,44)(H,41,45)(H,42,43)/b30-18-. The lowest BCUT2D eigenvalue weighted by Crippen LogP contribution is -2.30. The molecular weight excluding hydrogens is 613 g/mol. The van der Waals surface area contributed by atoms with Crippen molar-refractivity contribution < 1.29 is 27.6 Å². The average Bonchev–Trinajstić information content (AvgIpc) is 3.46. The average molecular weight is 643 g/mol. The number of amides is 3. The summed E-state index contributed by atoms with van der Waals surface area (Å²) < 4.78 is 39.4. The number of thioether (sulfide) groups is 1. The van der Waals surface area contributed by atoms with E-state index < -0.39 is 34.7 Å². The monoisotopic (exact) mass is 642 g/mol. The molecule has 5 rings (SSSR count). The summed E-state index contributed by atoms with van der Waals surface area (Å²) in [7, 11) is 0. The van der Waals surface area contributed by atoms with Crippen LogP contribution in [-0.2, 0) is 15.8 Å². The molecular formula is C35H29F3N4O3S. The van der Waals surface area contributed by atoms with E-state index in [0.29, 0.717) is 28.1 Å². The number of hydrogen-bond acceptors (Lipinski definition) is 4. The molecule has 3 amide bonds. The zero-order valence-corrected chi connectivity index (χ0v) is 25.3. The fraction of sp³-hybridized carbons (Fsp3) is 0.114. The molecule has 1 unspecified atom stereocenters. The molecule has 0 radical (unpaired) electrons. The van der Waals surface area contributed by atoms with Crippen LogP contribution >= 0.6 is 11.8 Å². The molecule has 0 saturated carbocycles. The van der Waals surface area contributed by atoms with Gasteiger partial charge in [-0.05, 0) is 67.1 Å². The van der Waals surface area contributed by atoms with Crippen LogP contribution in [0.25, 0.3) is 17.0 Å². The first kappa shape index (κ1) is 32.1. The van der Waals surface area contributed by atoms with Gasteiger partial charge in [-0.1, -0.05) is 55.5 Å². The number of alkyl halides is 3. The van der Waals surface area contributed by atoms with Crippen LogP contribution < -0.4 is 16.0 Å². The zero-order valence-electron chi connectivity index (χ0n) is 24.5. The minimum Gasteiger partial charge on any atom is -0.361 e. The second kappa shape index (κ2) is 14.2. The van der Waals surface area contributed by atoms with E-state index >= 15 is 0 Å². The number of fused-ring (bicyclic) bond motifs is 1. The van der Waals surface area contributed by atoms with E-state index in [1.54, 1.807) is 73.8 Å². The van der Waals surface area contributed by atoms with Crippen LogP contribution in [0.2, 0.25) is 0 Å². The molecule has 0 bridgehead atoms. The van der Waals surface area contributed by atoms with E-state index in [0.717, 1.165) is 23.0 Å². The third kappa shape index (κ3) is 8.05. The second-order valence-electron chi connectivity index (χ2n) is 10.2. The number of anilines is 2. The van der Waals surface area contributed by atoms with Crippen molar-refractivity contribution in [3.8, 4) is 0 Å². The number of halogens is 3. The third-order valence-electron chi connectivity index (χ3n) is 6.94. The molecule has 7 nitrogen and oxygen atoms in total. The highest BCUT2D eigenvalue weighted by Crippen LogP contribution is 2.32. The summed E-state index contributed by atoms with van der Waals surface area (Å²) in [4.78, 5) is 43.4. The number of nitrogens with one attached hydrogen (secondary N) is 4. The first-order chi connectivity index (χ1) is 22.1. The number of carbonyl (C=O) groups is 3. The van der Waals surface area contributed by atoms with Crippen molar-refractivity contribution in [1.82, 2.24) is 10.3 Å². The summed E-state index contributed by atoms with van der Waals surface area (Å²) in [6.45, 7) is 1.80. The van der Waals surface area contributed by atoms with Crippen LogP contribution in [0.5, 0.6) is 0 Å². The van der Waals surface area contributed by atoms with Crippen molar-refractivity contribution in [2.75, 3.05) is 10.6 Å². The Morgan fingerprint density at radius 3 is 2.28 bits per heavy atom. The van der Waals surface area contributed by atoms with Crippen molar-refractivity contribution >= 4 is 57.8 Å². The number of aromatic nitrogens is 1. The number of H-pyrrole nitrogens is 1. The van der Waals surface area contributed by atoms with Crippen molar-refractivity contribution in [1.29, 1.82) is 0 Å². The lowest BCUT2D eigenvalue weighted by Gasteiger charge is -2.16. The zero-order chi connectivity index (χ0) is 32.7. The quantitative estimate of drug-likeness (QED) is 0.0913. The first-order valence-electron chi connectivity index (χ1n) is 14.3. The smallest absolute Gasteiger partial charge is 0.361 e. The van der Waals surface area contributed by atoms with Gasteiger partial charge in [0.15, 0.2) is 0 Å². The molecule has 0 fully saturated rings. The molecule has 4 aromatic carbocycles. The summed E-state index contributed by atoms with van der Waals surface area (Å²) >= 11 is 1.21. The third-order valence-corrected chi connectivity index (χ3v) is 8.30. The Morgan fingerprint density at radius 1 is 0.848 bits per heavy atom. The van der Waals surface area contributed by atoms with Crippen molar-refractivity contribution in [2.45, 2.75) is 29.7 Å². The molecule has 1 aromatic heterocycles. The SMILES string of the molecule is CCC(Sc1cccc(NC(=O)/C(=C/c2c[nH]c3ccccc23)NC(=O)c2ccccc2)c1)C(=O)Nc1cccc(C(F)(F)F)c1. The van der Waals surface area contributed by atoms with Gasteiger partial charge in [-0.3, -0.25) is 14.4 Å². The van der Waals surface area contributed by atoms with Gasteiger partial charge in [0.2, 0.25) is 5.91 Å². The molecule has 1 atom stereocenters. The Labute approximate surface area is 267 Å². The van der Waals surface area contributed by atoms with Gasteiger partial charge in [0.05, 0.1) is 10.8 Å². The van der Waals surface area contributed by atoms with E-state index in [2.05, 4.69) is 20.9 Å². The molecule has 0 saturated heterocycles. The van der Waals surface area contributed by atoms with Gasteiger partial charge >= 0.3 is 6.18 Å². The van der Waals surface area contributed by atoms with E-state index in [4.69, 9.17) is 0 Å². The number of para-hydroxylation sites is 1. The highest BCUT2D eigenvalue weighted by molar-refractivity contribution is 8.00. The molecule has 0 aliphatic heterocycles. The Morgan fingerprint density at radius 2 is 1.54 bits per heavy atom. The molecule has 1 heterocycles. The van der Waals surface area contributed by atoms with Gasteiger partial charge in [0, 0.05) is 44.5 Å². The lowest BCUT2D eigenvalue weighted by molar-refractivity contribution is -0.137. The van der Waals surface area contributed by atoms with Gasteiger partial charge in [-0.25, -0.2) is 0 Å². The van der Waals surface area contributed by atoms with Crippen molar-refractivity contribution in [3.63, 3.8) is 0 Å². The Kier molecular flexibility index (Phi) is 9.92. The topological polar surface area (TPSA) is 103 Å². The number of rotatable bonds is 10. The Hall–Kier alpha value is -5.29. The minimum atomic E-state index is -4.53. The largest absolute Gasteiger partial charge is 0.416 e. The van der Waals surface area contributed by atoms with Crippen LogP contribution in [0.1, 0.15) is 34.8 Å². The van der Waals surface area contributed by atoms with Gasteiger partial charge in [-0.15, -0.1) is 11.8 Å². The fourth-order valence-corrected chi connectivity index (χ4v) is 5.65. The van der Waals surface area contributed by atoms with Gasteiger partial charge in [0.25, 0.3) is 11.8 Å². The normalized spacial score (nSPS) is 12.4. The maximum atomic E-state index is 13.6. The molecule has 46 heavy (non-hydrogen) atoms. The summed E-state index contributed by atoms with van der Waals surface area (Å²) in [6, 6.07) is 27.4. The molecule has 4 N–H and O–H groups in total. The van der Waals surface area contributed by atoms with Crippen molar-refractivity contribution in [3.05, 3.63) is 132 Å². The summed E-state index contributed by atoms with van der Waals surface area (Å²) in [5.74, 6) is -1.47. The maximum absolute atomic E-state index is 13.6. The van der Waals surface area contributed by atoms with E-state index in [1.165, 1.54) is 23.9 Å². The van der Waals surface area contributed by atoms with Crippen LogP contribution in [0, 0.1) is 0 Å². The van der Waals surface area contributed by atoms with Crippen LogP contribution in [0.4, 0.5) is 24.5 Å². The molecule has 5 aromatic rings. The van der Waals surface area contributed by atoms with Gasteiger partial charge in [0.1, 0.15) is 5.70 Å². The van der Waals surface area contributed by atoms with E-state index in [9.17, 15) is 27.6 Å². The number of carbonyl (C=O) groups excluding carboxylic acids is 3. The molecule has 0 spiro atoms. The lowest BCUT2D eigenvalue weighted by atomic mass is 10.1. The highest BCUT2D eigenvalue weighted by atomic mass is 32.2. The van der Waals surface area contributed by atoms with Crippen molar-refractivity contribution in [2.24, 2.45) is 0 Å². The number of benzene rings is 4. The molecule has 0 aliphatic rings. The molecule has 234 valence electrons. The van der Waals surface area contributed by atoms with Crippen LogP contribution in [-0.4, -0.2) is 28.0 Å². The summed E-state index contributed by atoms with van der Waals surface area (Å²) in [5, 5.41) is 8.38. The predicted molar refractivity (Wildman–Crippen MR) is 175 cm³/mol. The first-order valence-corrected chi connectivity index (χ1v) is 15.2. The summed E-state index contributed by atoms with van der Waals surface area (Å²) in [6.07, 6.45) is -0.785. The van der Waals surface area contributed by atoms with E-state index in [1.807, 2.05) is 24.3 Å². The van der Waals surface area contributed by atoms with Gasteiger partial charge in [-0.2, -0.15) is 13.2 Å². The summed E-state index contributed by atoms with van der Waals surface area (Å²) in [5.41, 5.74) is 1.59. The van der Waals surface area contributed by atoms with E-state index in [-0.39, 0.29) is 11.4 Å². The second-order valence-corrected chi connectivity index (χ2v) is 11.5. The van der Waals surface area contributed by atoms with Gasteiger partial charge < -0.3 is 20.9 Å². The predicted octanol–water partition coefficient (Wildman–Crippen LogP) is 8.11.